The maximum absolute atomic E-state index is 3.86. The predicted octanol–water partition coefficient (Wildman–Crippen LogP) is 10.3. The highest BCUT2D eigenvalue weighted by Crippen LogP contribution is 2.35. The number of hydrogen-bond donors (Lipinski definition) is 1. The SMILES string of the molecule is CCCCCCC(CCC)Cc1cc(NC)cc2c(CC(CC)CCCC)cc(Br)cc12. The van der Waals surface area contributed by atoms with E-state index < -0.39 is 0 Å². The highest BCUT2D eigenvalue weighted by Gasteiger charge is 2.16. The Morgan fingerprint density at radius 2 is 1.34 bits per heavy atom. The van der Waals surface area contributed by atoms with E-state index in [1.165, 1.54) is 116 Å². The molecule has 0 aliphatic carbocycles. The Kier molecular flexibility index (Phi) is 12.8. The second-order valence-electron chi connectivity index (χ2n) is 9.87. The van der Waals surface area contributed by atoms with E-state index in [1.807, 2.05) is 0 Å². The fourth-order valence-electron chi connectivity index (χ4n) is 5.24. The zero-order valence-electron chi connectivity index (χ0n) is 21.5. The molecule has 0 saturated heterocycles. The molecule has 0 radical (unpaired) electrons. The van der Waals surface area contributed by atoms with Crippen molar-refractivity contribution >= 4 is 32.4 Å². The second-order valence-corrected chi connectivity index (χ2v) is 10.8. The van der Waals surface area contributed by atoms with Crippen LogP contribution in [0.4, 0.5) is 5.69 Å². The zero-order valence-corrected chi connectivity index (χ0v) is 23.1. The Labute approximate surface area is 207 Å². The average Bonchev–Trinajstić information content (AvgIpc) is 2.79. The van der Waals surface area contributed by atoms with Crippen LogP contribution in [-0.4, -0.2) is 7.05 Å². The highest BCUT2D eigenvalue weighted by atomic mass is 79.9. The molecule has 2 aromatic carbocycles. The molecule has 180 valence electrons. The summed E-state index contributed by atoms with van der Waals surface area (Å²) in [5.41, 5.74) is 4.31. The fourth-order valence-corrected chi connectivity index (χ4v) is 5.74. The molecule has 0 aliphatic heterocycles. The molecule has 32 heavy (non-hydrogen) atoms. The van der Waals surface area contributed by atoms with E-state index in [9.17, 15) is 0 Å². The van der Waals surface area contributed by atoms with Crippen molar-refractivity contribution in [2.45, 2.75) is 111 Å². The Balaban J connectivity index is 2.38. The van der Waals surface area contributed by atoms with Crippen molar-refractivity contribution in [3.05, 3.63) is 39.9 Å². The molecule has 2 atom stereocenters. The van der Waals surface area contributed by atoms with E-state index in [0.29, 0.717) is 0 Å². The van der Waals surface area contributed by atoms with Crippen LogP contribution in [0.5, 0.6) is 0 Å². The van der Waals surface area contributed by atoms with Crippen LogP contribution in [0.3, 0.4) is 0 Å². The topological polar surface area (TPSA) is 12.0 Å². The van der Waals surface area contributed by atoms with Crippen LogP contribution in [0.2, 0.25) is 0 Å². The van der Waals surface area contributed by atoms with Crippen LogP contribution in [0.25, 0.3) is 10.8 Å². The van der Waals surface area contributed by atoms with Crippen molar-refractivity contribution in [2.24, 2.45) is 11.8 Å². The van der Waals surface area contributed by atoms with Gasteiger partial charge in [-0.1, -0.05) is 114 Å². The predicted molar refractivity (Wildman–Crippen MR) is 149 cm³/mol. The molecular formula is C30H48BrN. The van der Waals surface area contributed by atoms with Crippen molar-refractivity contribution in [1.82, 2.24) is 0 Å². The van der Waals surface area contributed by atoms with Crippen molar-refractivity contribution in [2.75, 3.05) is 12.4 Å². The number of benzene rings is 2. The smallest absolute Gasteiger partial charge is 0.0346 e. The van der Waals surface area contributed by atoms with Gasteiger partial charge in [0.05, 0.1) is 0 Å². The maximum Gasteiger partial charge on any atom is 0.0346 e. The number of hydrogen-bond acceptors (Lipinski definition) is 1. The van der Waals surface area contributed by atoms with Crippen LogP contribution in [-0.2, 0) is 12.8 Å². The monoisotopic (exact) mass is 501 g/mol. The quantitative estimate of drug-likeness (QED) is 0.225. The molecule has 0 aromatic heterocycles. The molecule has 0 spiro atoms. The molecule has 2 aromatic rings. The van der Waals surface area contributed by atoms with Crippen molar-refractivity contribution < 1.29 is 0 Å². The first-order valence-corrected chi connectivity index (χ1v) is 14.3. The first-order valence-electron chi connectivity index (χ1n) is 13.5. The van der Waals surface area contributed by atoms with Crippen LogP contribution >= 0.6 is 15.9 Å². The van der Waals surface area contributed by atoms with Gasteiger partial charge in [0.25, 0.3) is 0 Å². The van der Waals surface area contributed by atoms with Gasteiger partial charge in [-0.15, -0.1) is 0 Å². The zero-order chi connectivity index (χ0) is 23.3. The lowest BCUT2D eigenvalue weighted by Crippen LogP contribution is -2.08. The minimum absolute atomic E-state index is 0.778. The van der Waals surface area contributed by atoms with E-state index in [4.69, 9.17) is 0 Å². The Bertz CT molecular complexity index is 797. The summed E-state index contributed by atoms with van der Waals surface area (Å²) in [6.07, 6.45) is 17.1. The third-order valence-electron chi connectivity index (χ3n) is 7.22. The summed E-state index contributed by atoms with van der Waals surface area (Å²) < 4.78 is 1.23. The number of rotatable bonds is 16. The molecule has 1 N–H and O–H groups in total. The molecule has 2 rings (SSSR count). The van der Waals surface area contributed by atoms with E-state index in [0.717, 1.165) is 11.8 Å². The van der Waals surface area contributed by atoms with Gasteiger partial charge in [-0.25, -0.2) is 0 Å². The number of unbranched alkanes of at least 4 members (excludes halogenated alkanes) is 4. The Morgan fingerprint density at radius 3 is 2.00 bits per heavy atom. The lowest BCUT2D eigenvalue weighted by Gasteiger charge is -2.21. The van der Waals surface area contributed by atoms with Crippen molar-refractivity contribution in [3.63, 3.8) is 0 Å². The molecule has 0 fully saturated rings. The Hall–Kier alpha value is -1.02. The molecule has 0 bridgehead atoms. The lowest BCUT2D eigenvalue weighted by molar-refractivity contribution is 0.420. The van der Waals surface area contributed by atoms with E-state index in [1.54, 1.807) is 0 Å². The molecule has 1 nitrogen and oxygen atoms in total. The standard InChI is InChI=1S/C30H48BrN/c1-6-10-12-13-16-24(14-8-3)18-26-20-28(32-5)22-30-25(19-27(31)21-29(26)30)17-23(9-4)15-11-7-2/h19-24,32H,6-18H2,1-5H3. The summed E-state index contributed by atoms with van der Waals surface area (Å²) >= 11 is 3.86. The second kappa shape index (κ2) is 15.0. The fraction of sp³-hybridized carbons (Fsp3) is 0.667. The molecule has 0 heterocycles. The lowest BCUT2D eigenvalue weighted by atomic mass is 9.85. The van der Waals surface area contributed by atoms with Crippen molar-refractivity contribution in [1.29, 1.82) is 0 Å². The van der Waals surface area contributed by atoms with Gasteiger partial charge in [0.2, 0.25) is 0 Å². The summed E-state index contributed by atoms with van der Waals surface area (Å²) in [6.45, 7) is 9.32. The van der Waals surface area contributed by atoms with E-state index in [-0.39, 0.29) is 0 Å². The van der Waals surface area contributed by atoms with Gasteiger partial charge in [-0.2, -0.15) is 0 Å². The minimum atomic E-state index is 0.778. The van der Waals surface area contributed by atoms with Crippen LogP contribution in [0.1, 0.15) is 109 Å². The summed E-state index contributed by atoms with van der Waals surface area (Å²) in [6, 6.07) is 9.57. The summed E-state index contributed by atoms with van der Waals surface area (Å²) in [7, 11) is 2.06. The van der Waals surface area contributed by atoms with Crippen LogP contribution < -0.4 is 5.32 Å². The van der Waals surface area contributed by atoms with Crippen molar-refractivity contribution in [3.8, 4) is 0 Å². The first-order chi connectivity index (χ1) is 15.6. The molecular weight excluding hydrogens is 454 g/mol. The first kappa shape index (κ1) is 27.2. The molecule has 0 saturated carbocycles. The molecule has 0 aliphatic rings. The number of fused-ring (bicyclic) bond motifs is 1. The van der Waals surface area contributed by atoms with Crippen LogP contribution in [0, 0.1) is 11.8 Å². The van der Waals surface area contributed by atoms with Gasteiger partial charge in [-0.05, 0) is 70.8 Å². The molecule has 2 heteroatoms. The van der Waals surface area contributed by atoms with Crippen LogP contribution in [0.15, 0.2) is 28.7 Å². The molecule has 0 amide bonds. The summed E-state index contributed by atoms with van der Waals surface area (Å²) in [4.78, 5) is 0. The molecule has 2 unspecified atom stereocenters. The van der Waals surface area contributed by atoms with E-state index >= 15 is 0 Å². The third kappa shape index (κ3) is 8.40. The van der Waals surface area contributed by atoms with Gasteiger partial charge in [0.15, 0.2) is 0 Å². The normalized spacial score (nSPS) is 13.4. The van der Waals surface area contributed by atoms with Gasteiger partial charge < -0.3 is 5.32 Å². The van der Waals surface area contributed by atoms with E-state index in [2.05, 4.69) is 80.3 Å². The van der Waals surface area contributed by atoms with Gasteiger partial charge in [-0.3, -0.25) is 0 Å². The average molecular weight is 503 g/mol. The maximum atomic E-state index is 3.86. The van der Waals surface area contributed by atoms with Gasteiger partial charge in [0, 0.05) is 17.2 Å². The minimum Gasteiger partial charge on any atom is -0.388 e. The number of anilines is 1. The summed E-state index contributed by atoms with van der Waals surface area (Å²) in [5.74, 6) is 1.57. The highest BCUT2D eigenvalue weighted by molar-refractivity contribution is 9.10. The van der Waals surface area contributed by atoms with Gasteiger partial charge >= 0.3 is 0 Å². The number of nitrogens with one attached hydrogen (secondary N) is 1. The van der Waals surface area contributed by atoms with Gasteiger partial charge in [0.1, 0.15) is 0 Å². The largest absolute Gasteiger partial charge is 0.388 e. The third-order valence-corrected chi connectivity index (χ3v) is 7.68. The Morgan fingerprint density at radius 1 is 0.688 bits per heavy atom. The summed E-state index contributed by atoms with van der Waals surface area (Å²) in [5, 5.41) is 6.39. The number of halogens is 1.